The number of phenols is 2. The minimum Gasteiger partial charge on any atom is -0.507 e. The molecule has 0 aliphatic heterocycles. The molecule has 0 radical (unpaired) electrons. The average molecular weight is 277 g/mol. The van der Waals surface area contributed by atoms with Gasteiger partial charge < -0.3 is 15.5 Å². The normalized spacial score (nSPS) is 10.4. The highest BCUT2D eigenvalue weighted by Crippen LogP contribution is 2.26. The van der Waals surface area contributed by atoms with Crippen molar-refractivity contribution in [2.24, 2.45) is 0 Å². The molecule has 2 aromatic rings. The number of carbonyl (C=O) groups is 1. The van der Waals surface area contributed by atoms with Crippen molar-refractivity contribution >= 4 is 17.2 Å². The van der Waals surface area contributed by atoms with E-state index in [4.69, 9.17) is 0 Å². The molecule has 1 aromatic carbocycles. The summed E-state index contributed by atoms with van der Waals surface area (Å²) in [4.78, 5) is 13.0. The van der Waals surface area contributed by atoms with E-state index in [0.717, 1.165) is 11.3 Å². The van der Waals surface area contributed by atoms with Crippen LogP contribution in [0.1, 0.15) is 27.7 Å². The molecule has 19 heavy (non-hydrogen) atoms. The van der Waals surface area contributed by atoms with Crippen LogP contribution in [-0.2, 0) is 13.0 Å². The minimum absolute atomic E-state index is 0.0860. The standard InChI is InChI=1S/C14H15NO3S/c1-2-9-6-7-19-12(9)8-15-14(18)13-10(16)4-3-5-11(13)17/h3-7,16-17H,2,8H2,1H3,(H,15,18). The van der Waals surface area contributed by atoms with E-state index in [0.29, 0.717) is 6.54 Å². The molecule has 3 N–H and O–H groups in total. The Morgan fingerprint density at radius 1 is 1.26 bits per heavy atom. The van der Waals surface area contributed by atoms with Gasteiger partial charge in [0, 0.05) is 4.88 Å². The highest BCUT2D eigenvalue weighted by atomic mass is 32.1. The van der Waals surface area contributed by atoms with Crippen LogP contribution < -0.4 is 5.32 Å². The molecule has 1 amide bonds. The Morgan fingerprint density at radius 3 is 2.58 bits per heavy atom. The van der Waals surface area contributed by atoms with Crippen LogP contribution >= 0.6 is 11.3 Å². The largest absolute Gasteiger partial charge is 0.507 e. The molecule has 0 bridgehead atoms. The highest BCUT2D eigenvalue weighted by Gasteiger charge is 2.16. The summed E-state index contributed by atoms with van der Waals surface area (Å²) < 4.78 is 0. The molecule has 5 heteroatoms. The van der Waals surface area contributed by atoms with Crippen LogP contribution in [0.4, 0.5) is 0 Å². The van der Waals surface area contributed by atoms with Gasteiger partial charge in [-0.2, -0.15) is 0 Å². The zero-order valence-electron chi connectivity index (χ0n) is 10.5. The summed E-state index contributed by atoms with van der Waals surface area (Å²) >= 11 is 1.58. The second-order valence-electron chi connectivity index (χ2n) is 4.08. The van der Waals surface area contributed by atoms with Gasteiger partial charge in [0.25, 0.3) is 5.91 Å². The van der Waals surface area contributed by atoms with Crippen molar-refractivity contribution in [3.05, 3.63) is 45.6 Å². The highest BCUT2D eigenvalue weighted by molar-refractivity contribution is 7.10. The van der Waals surface area contributed by atoms with E-state index in [2.05, 4.69) is 12.2 Å². The molecular formula is C14H15NO3S. The van der Waals surface area contributed by atoms with E-state index in [9.17, 15) is 15.0 Å². The van der Waals surface area contributed by atoms with Crippen molar-refractivity contribution in [1.29, 1.82) is 0 Å². The molecule has 0 saturated carbocycles. The van der Waals surface area contributed by atoms with Crippen LogP contribution in [0.15, 0.2) is 29.6 Å². The van der Waals surface area contributed by atoms with Gasteiger partial charge in [-0.15, -0.1) is 11.3 Å². The molecule has 0 spiro atoms. The first-order valence-corrected chi connectivity index (χ1v) is 6.85. The first-order valence-electron chi connectivity index (χ1n) is 5.97. The van der Waals surface area contributed by atoms with Crippen LogP contribution in [0.3, 0.4) is 0 Å². The maximum absolute atomic E-state index is 12.0. The van der Waals surface area contributed by atoms with Crippen LogP contribution in [0.25, 0.3) is 0 Å². The van der Waals surface area contributed by atoms with Gasteiger partial charge in [0.05, 0.1) is 6.54 Å². The van der Waals surface area contributed by atoms with E-state index in [1.165, 1.54) is 23.8 Å². The van der Waals surface area contributed by atoms with Gasteiger partial charge in [-0.3, -0.25) is 4.79 Å². The number of carbonyl (C=O) groups excluding carboxylic acids is 1. The molecule has 0 aliphatic carbocycles. The monoisotopic (exact) mass is 277 g/mol. The van der Waals surface area contributed by atoms with E-state index in [-0.39, 0.29) is 17.1 Å². The first-order chi connectivity index (χ1) is 9.13. The fourth-order valence-electron chi connectivity index (χ4n) is 1.85. The Kier molecular flexibility index (Phi) is 4.06. The number of rotatable bonds is 4. The molecule has 0 fully saturated rings. The van der Waals surface area contributed by atoms with Gasteiger partial charge in [-0.05, 0) is 35.6 Å². The quantitative estimate of drug-likeness (QED) is 0.804. The van der Waals surface area contributed by atoms with Crippen LogP contribution in [0.5, 0.6) is 11.5 Å². The topological polar surface area (TPSA) is 69.6 Å². The average Bonchev–Trinajstić information content (AvgIpc) is 2.83. The maximum atomic E-state index is 12.0. The molecule has 0 atom stereocenters. The zero-order chi connectivity index (χ0) is 13.8. The van der Waals surface area contributed by atoms with Crippen molar-refractivity contribution in [1.82, 2.24) is 5.32 Å². The number of hydrogen-bond acceptors (Lipinski definition) is 4. The number of aromatic hydroxyl groups is 2. The summed E-state index contributed by atoms with van der Waals surface area (Å²) in [5, 5.41) is 23.9. The fourth-order valence-corrected chi connectivity index (χ4v) is 2.76. The number of phenolic OH excluding ortho intramolecular Hbond substituents is 2. The van der Waals surface area contributed by atoms with E-state index < -0.39 is 5.91 Å². The third-order valence-electron chi connectivity index (χ3n) is 2.88. The number of nitrogens with one attached hydrogen (secondary N) is 1. The molecule has 2 rings (SSSR count). The van der Waals surface area contributed by atoms with Gasteiger partial charge in [-0.25, -0.2) is 0 Å². The summed E-state index contributed by atoms with van der Waals surface area (Å²) in [6.45, 7) is 2.45. The number of thiophene rings is 1. The van der Waals surface area contributed by atoms with Crippen molar-refractivity contribution in [3.8, 4) is 11.5 Å². The summed E-state index contributed by atoms with van der Waals surface area (Å²) in [7, 11) is 0. The summed E-state index contributed by atoms with van der Waals surface area (Å²) in [6, 6.07) is 6.26. The van der Waals surface area contributed by atoms with Gasteiger partial charge in [0.1, 0.15) is 17.1 Å². The molecule has 100 valence electrons. The first kappa shape index (κ1) is 13.4. The third-order valence-corrected chi connectivity index (χ3v) is 3.84. The predicted octanol–water partition coefficient (Wildman–Crippen LogP) is 2.65. The third kappa shape index (κ3) is 2.88. The van der Waals surface area contributed by atoms with Gasteiger partial charge in [0.2, 0.25) is 0 Å². The molecule has 0 saturated heterocycles. The second kappa shape index (κ2) is 5.75. The number of aryl methyl sites for hydroxylation is 1. The smallest absolute Gasteiger partial charge is 0.259 e. The van der Waals surface area contributed by atoms with E-state index >= 15 is 0 Å². The molecule has 4 nitrogen and oxygen atoms in total. The SMILES string of the molecule is CCc1ccsc1CNC(=O)c1c(O)cccc1O. The van der Waals surface area contributed by atoms with E-state index in [1.54, 1.807) is 11.3 Å². The van der Waals surface area contributed by atoms with Crippen molar-refractivity contribution in [2.45, 2.75) is 19.9 Å². The van der Waals surface area contributed by atoms with Crippen molar-refractivity contribution in [2.75, 3.05) is 0 Å². The molecule has 1 heterocycles. The number of amides is 1. The van der Waals surface area contributed by atoms with Gasteiger partial charge in [-0.1, -0.05) is 13.0 Å². The van der Waals surface area contributed by atoms with Crippen LogP contribution in [-0.4, -0.2) is 16.1 Å². The lowest BCUT2D eigenvalue weighted by Crippen LogP contribution is -2.23. The van der Waals surface area contributed by atoms with Crippen molar-refractivity contribution < 1.29 is 15.0 Å². The molecule has 1 aromatic heterocycles. The number of benzene rings is 1. The zero-order valence-corrected chi connectivity index (χ0v) is 11.3. The molecule has 0 unspecified atom stereocenters. The van der Waals surface area contributed by atoms with Crippen LogP contribution in [0.2, 0.25) is 0 Å². The second-order valence-corrected chi connectivity index (χ2v) is 5.08. The summed E-state index contributed by atoms with van der Waals surface area (Å²) in [5.41, 5.74) is 1.11. The Bertz CT molecular complexity index is 572. The summed E-state index contributed by atoms with van der Waals surface area (Å²) in [6.07, 6.45) is 0.913. The van der Waals surface area contributed by atoms with Crippen molar-refractivity contribution in [3.63, 3.8) is 0 Å². The summed E-state index contributed by atoms with van der Waals surface area (Å²) in [5.74, 6) is -0.926. The lowest BCUT2D eigenvalue weighted by Gasteiger charge is -2.08. The van der Waals surface area contributed by atoms with Gasteiger partial charge >= 0.3 is 0 Å². The Balaban J connectivity index is 2.10. The minimum atomic E-state index is -0.481. The number of hydrogen-bond donors (Lipinski definition) is 3. The van der Waals surface area contributed by atoms with Crippen LogP contribution in [0, 0.1) is 0 Å². The Labute approximate surface area is 115 Å². The van der Waals surface area contributed by atoms with E-state index in [1.807, 2.05) is 11.4 Å². The lowest BCUT2D eigenvalue weighted by molar-refractivity contribution is 0.0946. The molecule has 0 aliphatic rings. The predicted molar refractivity (Wildman–Crippen MR) is 74.6 cm³/mol. The fraction of sp³-hybridized carbons (Fsp3) is 0.214. The lowest BCUT2D eigenvalue weighted by atomic mass is 10.1. The molecular weight excluding hydrogens is 262 g/mol. The Hall–Kier alpha value is -2.01. The Morgan fingerprint density at radius 2 is 1.95 bits per heavy atom. The maximum Gasteiger partial charge on any atom is 0.259 e. The van der Waals surface area contributed by atoms with Gasteiger partial charge in [0.15, 0.2) is 0 Å².